The number of rotatable bonds is 10. The molecule has 0 aromatic heterocycles. The summed E-state index contributed by atoms with van der Waals surface area (Å²) in [7, 11) is -7.35. The van der Waals surface area contributed by atoms with E-state index in [1.807, 2.05) is 24.3 Å². The van der Waals surface area contributed by atoms with Gasteiger partial charge in [0.05, 0.1) is 23.4 Å². The topological polar surface area (TPSA) is 154 Å². The molecule has 0 spiro atoms. The van der Waals surface area contributed by atoms with Crippen LogP contribution < -0.4 is 20.4 Å². The smallest absolute Gasteiger partial charge is 0.238 e. The molecule has 0 aliphatic rings. The second kappa shape index (κ2) is 10.8. The summed E-state index contributed by atoms with van der Waals surface area (Å²) in [6, 6.07) is 20.1. The first-order chi connectivity index (χ1) is 16.0. The van der Waals surface area contributed by atoms with E-state index in [-0.39, 0.29) is 11.5 Å². The molecule has 0 saturated carbocycles. The summed E-state index contributed by atoms with van der Waals surface area (Å²) in [5.74, 6) is 5.71. The van der Waals surface area contributed by atoms with Gasteiger partial charge in [-0.2, -0.15) is 5.10 Å². The standard InChI is InChI=1S/C23H26N4O5S2/c1-33(28,29)27-20(14-17-5-4-6-18(13-17)15-26-24)16-32-21-11-9-19(10-12-21)22-7-2-3-8-23(22)34(25,30)31/h2-13,15,20,27H,14,16,24H2,1H3,(H2,25,30,31)/b26-15-. The minimum absolute atomic E-state index is 0.0306. The predicted molar refractivity (Wildman–Crippen MR) is 132 cm³/mol. The van der Waals surface area contributed by atoms with E-state index in [1.165, 1.54) is 12.3 Å². The highest BCUT2D eigenvalue weighted by atomic mass is 32.2. The van der Waals surface area contributed by atoms with Crippen molar-refractivity contribution in [3.05, 3.63) is 83.9 Å². The van der Waals surface area contributed by atoms with Gasteiger partial charge in [-0.25, -0.2) is 26.7 Å². The lowest BCUT2D eigenvalue weighted by Crippen LogP contribution is -2.40. The van der Waals surface area contributed by atoms with Crippen molar-refractivity contribution < 1.29 is 21.6 Å². The van der Waals surface area contributed by atoms with Crippen molar-refractivity contribution in [2.24, 2.45) is 16.1 Å². The Morgan fingerprint density at radius 2 is 1.71 bits per heavy atom. The average molecular weight is 503 g/mol. The Labute approximate surface area is 199 Å². The molecule has 5 N–H and O–H groups in total. The van der Waals surface area contributed by atoms with Crippen molar-refractivity contribution in [3.8, 4) is 16.9 Å². The van der Waals surface area contributed by atoms with Gasteiger partial charge in [0.1, 0.15) is 12.4 Å². The maximum atomic E-state index is 11.9. The summed E-state index contributed by atoms with van der Waals surface area (Å²) in [6.07, 6.45) is 2.99. The Morgan fingerprint density at radius 1 is 1.00 bits per heavy atom. The minimum Gasteiger partial charge on any atom is -0.492 e. The minimum atomic E-state index is -3.88. The lowest BCUT2D eigenvalue weighted by atomic mass is 10.0. The van der Waals surface area contributed by atoms with Gasteiger partial charge in [0.25, 0.3) is 0 Å². The first-order valence-electron chi connectivity index (χ1n) is 10.2. The van der Waals surface area contributed by atoms with Crippen molar-refractivity contribution in [2.75, 3.05) is 12.9 Å². The number of benzene rings is 3. The second-order valence-corrected chi connectivity index (χ2v) is 11.0. The number of hydrogen-bond donors (Lipinski definition) is 3. The van der Waals surface area contributed by atoms with E-state index in [1.54, 1.807) is 42.5 Å². The van der Waals surface area contributed by atoms with Crippen LogP contribution in [0.5, 0.6) is 5.75 Å². The van der Waals surface area contributed by atoms with Crippen molar-refractivity contribution >= 4 is 26.3 Å². The van der Waals surface area contributed by atoms with Crippen LogP contribution in [0, 0.1) is 0 Å². The molecule has 0 heterocycles. The summed E-state index contributed by atoms with van der Waals surface area (Å²) in [6.45, 7) is 0.0788. The lowest BCUT2D eigenvalue weighted by molar-refractivity contribution is 0.278. The zero-order chi connectivity index (χ0) is 24.8. The van der Waals surface area contributed by atoms with Crippen LogP contribution in [0.2, 0.25) is 0 Å². The molecule has 1 atom stereocenters. The van der Waals surface area contributed by atoms with Gasteiger partial charge in [-0.05, 0) is 41.3 Å². The SMILES string of the molecule is CS(=O)(=O)NC(COc1ccc(-c2ccccc2S(N)(=O)=O)cc1)Cc1cccc(/C=N\N)c1. The van der Waals surface area contributed by atoms with Gasteiger partial charge in [0.15, 0.2) is 0 Å². The molecule has 0 aliphatic heterocycles. The molecule has 3 rings (SSSR count). The maximum absolute atomic E-state index is 11.9. The van der Waals surface area contributed by atoms with Crippen LogP contribution in [-0.2, 0) is 26.5 Å². The fraction of sp³-hybridized carbons (Fsp3) is 0.174. The number of ether oxygens (including phenoxy) is 1. The zero-order valence-electron chi connectivity index (χ0n) is 18.5. The number of hydrazone groups is 1. The number of primary sulfonamides is 1. The van der Waals surface area contributed by atoms with Crippen LogP contribution >= 0.6 is 0 Å². The van der Waals surface area contributed by atoms with E-state index in [0.717, 1.165) is 17.4 Å². The van der Waals surface area contributed by atoms with Gasteiger partial charge in [0.2, 0.25) is 20.0 Å². The summed E-state index contributed by atoms with van der Waals surface area (Å²) in [4.78, 5) is 0.0306. The molecule has 9 nitrogen and oxygen atoms in total. The first-order valence-corrected chi connectivity index (χ1v) is 13.6. The quantitative estimate of drug-likeness (QED) is 0.218. The molecule has 3 aromatic rings. The predicted octanol–water partition coefficient (Wildman–Crippen LogP) is 1.83. The third-order valence-corrected chi connectivity index (χ3v) is 6.58. The molecule has 11 heteroatoms. The van der Waals surface area contributed by atoms with Crippen molar-refractivity contribution in [3.63, 3.8) is 0 Å². The summed E-state index contributed by atoms with van der Waals surface area (Å²) >= 11 is 0. The fourth-order valence-corrected chi connectivity index (χ4v) is 5.01. The highest BCUT2D eigenvalue weighted by molar-refractivity contribution is 7.89. The summed E-state index contributed by atoms with van der Waals surface area (Å²) in [5, 5.41) is 8.83. The number of hydrogen-bond acceptors (Lipinski definition) is 7. The van der Waals surface area contributed by atoms with Gasteiger partial charge in [-0.3, -0.25) is 0 Å². The van der Waals surface area contributed by atoms with Crippen LogP contribution in [0.4, 0.5) is 0 Å². The monoisotopic (exact) mass is 502 g/mol. The molecule has 1 unspecified atom stereocenters. The van der Waals surface area contributed by atoms with Crippen LogP contribution in [-0.4, -0.2) is 42.0 Å². The Hall–Kier alpha value is -3.25. The average Bonchev–Trinajstić information content (AvgIpc) is 2.77. The van der Waals surface area contributed by atoms with E-state index in [4.69, 9.17) is 15.7 Å². The van der Waals surface area contributed by atoms with Gasteiger partial charge >= 0.3 is 0 Å². The fourth-order valence-electron chi connectivity index (χ4n) is 3.49. The van der Waals surface area contributed by atoms with Gasteiger partial charge in [0, 0.05) is 5.56 Å². The summed E-state index contributed by atoms with van der Waals surface area (Å²) in [5.41, 5.74) is 2.82. The van der Waals surface area contributed by atoms with E-state index >= 15 is 0 Å². The highest BCUT2D eigenvalue weighted by Crippen LogP contribution is 2.28. The molecule has 0 radical (unpaired) electrons. The Bertz CT molecular complexity index is 1370. The molecule has 0 amide bonds. The zero-order valence-corrected chi connectivity index (χ0v) is 20.1. The normalized spacial score (nSPS) is 13.1. The molecule has 0 fully saturated rings. The highest BCUT2D eigenvalue weighted by Gasteiger charge is 2.17. The maximum Gasteiger partial charge on any atom is 0.238 e. The lowest BCUT2D eigenvalue weighted by Gasteiger charge is -2.19. The molecule has 0 bridgehead atoms. The van der Waals surface area contributed by atoms with Gasteiger partial charge in [-0.1, -0.05) is 54.6 Å². The number of sulfonamides is 2. The molecule has 34 heavy (non-hydrogen) atoms. The molecule has 0 aliphatic carbocycles. The first kappa shape index (κ1) is 25.4. The van der Waals surface area contributed by atoms with Crippen LogP contribution in [0.3, 0.4) is 0 Å². The van der Waals surface area contributed by atoms with E-state index in [9.17, 15) is 16.8 Å². The number of nitrogens with zero attached hydrogens (tertiary/aromatic N) is 1. The van der Waals surface area contributed by atoms with Crippen LogP contribution in [0.25, 0.3) is 11.1 Å². The Balaban J connectivity index is 1.75. The molecule has 180 valence electrons. The van der Waals surface area contributed by atoms with E-state index < -0.39 is 26.1 Å². The molecular weight excluding hydrogens is 476 g/mol. The molecule has 3 aromatic carbocycles. The van der Waals surface area contributed by atoms with Crippen LogP contribution in [0.1, 0.15) is 11.1 Å². The third kappa shape index (κ3) is 7.39. The van der Waals surface area contributed by atoms with Gasteiger partial charge < -0.3 is 10.6 Å². The molecule has 0 saturated heterocycles. The Morgan fingerprint density at radius 3 is 2.35 bits per heavy atom. The number of nitrogens with two attached hydrogens (primary N) is 2. The third-order valence-electron chi connectivity index (χ3n) is 4.85. The number of nitrogens with one attached hydrogen (secondary N) is 1. The molecular formula is C23H26N4O5S2. The van der Waals surface area contributed by atoms with Crippen molar-refractivity contribution in [1.29, 1.82) is 0 Å². The van der Waals surface area contributed by atoms with Gasteiger partial charge in [-0.15, -0.1) is 0 Å². The largest absolute Gasteiger partial charge is 0.492 e. The van der Waals surface area contributed by atoms with Crippen molar-refractivity contribution in [1.82, 2.24) is 4.72 Å². The Kier molecular flexibility index (Phi) is 8.05. The summed E-state index contributed by atoms with van der Waals surface area (Å²) < 4.78 is 55.9. The second-order valence-electron chi connectivity index (χ2n) is 7.69. The van der Waals surface area contributed by atoms with E-state index in [0.29, 0.717) is 23.3 Å². The van der Waals surface area contributed by atoms with E-state index in [2.05, 4.69) is 9.82 Å². The van der Waals surface area contributed by atoms with Crippen molar-refractivity contribution in [2.45, 2.75) is 17.4 Å². The van der Waals surface area contributed by atoms with Crippen LogP contribution in [0.15, 0.2) is 82.8 Å².